The number of unbranched alkanes of at least 4 members (excludes halogenated alkanes) is 1. The monoisotopic (exact) mass is 384 g/mol. The molecule has 0 saturated carbocycles. The highest BCUT2D eigenvalue weighted by atomic mass is 127. The molecule has 1 aromatic heterocycles. The van der Waals surface area contributed by atoms with Crippen molar-refractivity contribution in [3.8, 4) is 0 Å². The number of fused-ring (bicyclic) bond motifs is 1. The lowest BCUT2D eigenvalue weighted by atomic mass is 9.98. The minimum absolute atomic E-state index is 0. The van der Waals surface area contributed by atoms with Crippen molar-refractivity contribution in [1.82, 2.24) is 0 Å². The molecule has 0 atom stereocenters. The van der Waals surface area contributed by atoms with Crippen LogP contribution in [0.1, 0.15) is 44.4 Å². The first kappa shape index (κ1) is 17.2. The maximum absolute atomic E-state index is 6.43. The van der Waals surface area contributed by atoms with Crippen molar-refractivity contribution in [2.75, 3.05) is 5.73 Å². The Kier molecular flexibility index (Phi) is 6.72. The van der Waals surface area contributed by atoms with Crippen molar-refractivity contribution in [3.05, 3.63) is 35.5 Å². The molecule has 0 aliphatic heterocycles. The van der Waals surface area contributed by atoms with Crippen LogP contribution in [0, 0.1) is 0 Å². The lowest BCUT2D eigenvalue weighted by Crippen LogP contribution is -3.00. The number of pyridine rings is 1. The number of nitrogen functional groups attached to an aromatic ring is 1. The molecule has 0 fully saturated rings. The fourth-order valence-corrected chi connectivity index (χ4v) is 2.85. The van der Waals surface area contributed by atoms with E-state index < -0.39 is 0 Å². The predicted octanol–water partition coefficient (Wildman–Crippen LogP) is 0.546. The van der Waals surface area contributed by atoms with Gasteiger partial charge in [-0.2, -0.15) is 4.57 Å². The number of hydrogen-bond acceptors (Lipinski definition) is 1. The summed E-state index contributed by atoms with van der Waals surface area (Å²) in [5, 5.41) is 1.19. The zero-order chi connectivity index (χ0) is 13.8. The van der Waals surface area contributed by atoms with Crippen molar-refractivity contribution in [2.45, 2.75) is 46.0 Å². The molecule has 0 amide bonds. The van der Waals surface area contributed by atoms with Crippen LogP contribution in [0.15, 0.2) is 24.3 Å². The molecule has 2 N–H and O–H groups in total. The normalized spacial score (nSPS) is 10.6. The second kappa shape index (κ2) is 7.81. The molecule has 2 aromatic rings. The number of nitrogens with zero attached hydrogens (tertiary/aromatic N) is 1. The number of aryl methyl sites for hydroxylation is 1. The van der Waals surface area contributed by atoms with Crippen molar-refractivity contribution in [1.29, 1.82) is 0 Å². The molecular weight excluding hydrogens is 359 g/mol. The second-order valence-corrected chi connectivity index (χ2v) is 5.27. The second-order valence-electron chi connectivity index (χ2n) is 5.27. The van der Waals surface area contributed by atoms with Crippen LogP contribution in [-0.4, -0.2) is 0 Å². The number of aromatic nitrogens is 1. The summed E-state index contributed by atoms with van der Waals surface area (Å²) in [5.41, 5.74) is 11.4. The van der Waals surface area contributed by atoms with E-state index in [0.29, 0.717) is 0 Å². The third kappa shape index (κ3) is 3.25. The first-order valence-electron chi connectivity index (χ1n) is 7.38. The lowest BCUT2D eigenvalue weighted by Gasteiger charge is -2.13. The topological polar surface area (TPSA) is 29.9 Å². The molecule has 0 aliphatic rings. The van der Waals surface area contributed by atoms with E-state index in [0.717, 1.165) is 24.9 Å². The van der Waals surface area contributed by atoms with Crippen LogP contribution in [0.2, 0.25) is 0 Å². The largest absolute Gasteiger partial charge is 1.00 e. The zero-order valence-corrected chi connectivity index (χ0v) is 14.9. The van der Waals surface area contributed by atoms with Crippen LogP contribution in [0.3, 0.4) is 0 Å². The van der Waals surface area contributed by atoms with Crippen LogP contribution < -0.4 is 34.3 Å². The van der Waals surface area contributed by atoms with Gasteiger partial charge >= 0.3 is 0 Å². The maximum atomic E-state index is 6.43. The summed E-state index contributed by atoms with van der Waals surface area (Å²) in [7, 11) is 2.17. The van der Waals surface area contributed by atoms with Crippen molar-refractivity contribution < 1.29 is 28.5 Å². The van der Waals surface area contributed by atoms with Crippen LogP contribution in [0.4, 0.5) is 5.69 Å². The van der Waals surface area contributed by atoms with E-state index in [9.17, 15) is 0 Å². The number of halogens is 1. The molecule has 2 nitrogen and oxygen atoms in total. The summed E-state index contributed by atoms with van der Waals surface area (Å²) in [6.45, 7) is 4.46. The number of anilines is 1. The third-order valence-electron chi connectivity index (χ3n) is 3.90. The van der Waals surface area contributed by atoms with Crippen LogP contribution >= 0.6 is 0 Å². The summed E-state index contributed by atoms with van der Waals surface area (Å²) >= 11 is 0. The molecule has 0 radical (unpaired) electrons. The van der Waals surface area contributed by atoms with Gasteiger partial charge in [0.25, 0.3) is 0 Å². The standard InChI is InChI=1S/C17H24N2.HI/c1-4-6-11-15-13(9-5-2)17(18)14-10-7-8-12-16(14)19(15)3;/h7-8,10,12,18H,4-6,9,11H2,1-3H3;1H. The van der Waals surface area contributed by atoms with E-state index in [-0.39, 0.29) is 24.0 Å². The SMILES string of the molecule is CCCCc1c(CCC)c(N)c2ccccc2[n+]1C.[I-]. The smallest absolute Gasteiger partial charge is 0.214 e. The molecule has 20 heavy (non-hydrogen) atoms. The Hall–Kier alpha value is -0.840. The van der Waals surface area contributed by atoms with Crippen molar-refractivity contribution in [2.24, 2.45) is 7.05 Å². The molecule has 2 rings (SSSR count). The quantitative estimate of drug-likeness (QED) is 0.592. The van der Waals surface area contributed by atoms with Gasteiger partial charge < -0.3 is 29.7 Å². The fraction of sp³-hybridized carbons (Fsp3) is 0.471. The highest BCUT2D eigenvalue weighted by Crippen LogP contribution is 2.26. The highest BCUT2D eigenvalue weighted by molar-refractivity contribution is 5.89. The summed E-state index contributed by atoms with van der Waals surface area (Å²) < 4.78 is 2.34. The predicted molar refractivity (Wildman–Crippen MR) is 82.1 cm³/mol. The maximum Gasteiger partial charge on any atom is 0.214 e. The van der Waals surface area contributed by atoms with E-state index in [1.165, 1.54) is 35.0 Å². The van der Waals surface area contributed by atoms with Crippen molar-refractivity contribution in [3.63, 3.8) is 0 Å². The first-order valence-corrected chi connectivity index (χ1v) is 7.38. The van der Waals surface area contributed by atoms with Gasteiger partial charge in [-0.05, 0) is 18.9 Å². The molecule has 0 saturated heterocycles. The summed E-state index contributed by atoms with van der Waals surface area (Å²) in [6, 6.07) is 8.45. The van der Waals surface area contributed by atoms with Gasteiger partial charge in [-0.25, -0.2) is 0 Å². The lowest BCUT2D eigenvalue weighted by molar-refractivity contribution is -0.653. The van der Waals surface area contributed by atoms with Gasteiger partial charge in [-0.3, -0.25) is 0 Å². The Labute approximate surface area is 139 Å². The molecule has 0 unspecified atom stereocenters. The van der Waals surface area contributed by atoms with Gasteiger partial charge in [0.05, 0.1) is 11.1 Å². The molecular formula is C17H25IN2. The molecule has 0 spiro atoms. The van der Waals surface area contributed by atoms with Crippen LogP contribution in [0.5, 0.6) is 0 Å². The Morgan fingerprint density at radius 2 is 1.75 bits per heavy atom. The van der Waals surface area contributed by atoms with Gasteiger partial charge in [0.2, 0.25) is 5.52 Å². The zero-order valence-electron chi connectivity index (χ0n) is 12.7. The van der Waals surface area contributed by atoms with E-state index >= 15 is 0 Å². The Balaban J connectivity index is 0.00000200. The Bertz CT molecular complexity index is 579. The van der Waals surface area contributed by atoms with Gasteiger partial charge in [0.15, 0.2) is 5.69 Å². The number of nitrogens with two attached hydrogens (primary N) is 1. The number of rotatable bonds is 5. The van der Waals surface area contributed by atoms with Crippen LogP contribution in [-0.2, 0) is 19.9 Å². The third-order valence-corrected chi connectivity index (χ3v) is 3.90. The van der Waals surface area contributed by atoms with Gasteiger partial charge in [-0.1, -0.05) is 38.8 Å². The average Bonchev–Trinajstić information content (AvgIpc) is 2.44. The average molecular weight is 384 g/mol. The highest BCUT2D eigenvalue weighted by Gasteiger charge is 2.20. The Morgan fingerprint density at radius 1 is 1.05 bits per heavy atom. The van der Waals surface area contributed by atoms with E-state index in [2.05, 4.69) is 49.7 Å². The minimum atomic E-state index is 0. The number of hydrogen-bond donors (Lipinski definition) is 1. The summed E-state index contributed by atoms with van der Waals surface area (Å²) in [5.74, 6) is 0. The van der Waals surface area contributed by atoms with Crippen molar-refractivity contribution >= 4 is 16.6 Å². The van der Waals surface area contributed by atoms with E-state index in [1.54, 1.807) is 0 Å². The molecule has 110 valence electrons. The molecule has 0 aliphatic carbocycles. The first-order chi connectivity index (χ1) is 9.20. The van der Waals surface area contributed by atoms with Gasteiger partial charge in [-0.15, -0.1) is 0 Å². The number of benzene rings is 1. The van der Waals surface area contributed by atoms with E-state index in [1.807, 2.05) is 0 Å². The van der Waals surface area contributed by atoms with Gasteiger partial charge in [0.1, 0.15) is 7.05 Å². The molecule has 1 aromatic carbocycles. The van der Waals surface area contributed by atoms with Crippen LogP contribution in [0.25, 0.3) is 10.9 Å². The van der Waals surface area contributed by atoms with E-state index in [4.69, 9.17) is 5.73 Å². The Morgan fingerprint density at radius 3 is 2.40 bits per heavy atom. The fourth-order valence-electron chi connectivity index (χ4n) is 2.85. The number of para-hydroxylation sites is 1. The molecule has 3 heteroatoms. The molecule has 1 heterocycles. The summed E-state index contributed by atoms with van der Waals surface area (Å²) in [6.07, 6.45) is 5.78. The summed E-state index contributed by atoms with van der Waals surface area (Å²) in [4.78, 5) is 0. The minimum Gasteiger partial charge on any atom is -1.00 e. The van der Waals surface area contributed by atoms with Gasteiger partial charge in [0, 0.05) is 18.1 Å². The molecule has 0 bridgehead atoms.